The van der Waals surface area contributed by atoms with E-state index in [9.17, 15) is 9.18 Å². The zero-order valence-corrected chi connectivity index (χ0v) is 12.5. The van der Waals surface area contributed by atoms with Crippen LogP contribution in [0.4, 0.5) is 10.1 Å². The molecule has 0 heterocycles. The summed E-state index contributed by atoms with van der Waals surface area (Å²) in [4.78, 5) is 11.6. The molecule has 0 aromatic heterocycles. The highest BCUT2D eigenvalue weighted by atomic mass is 79.9. The first-order chi connectivity index (χ1) is 8.52. The Balaban J connectivity index is 2.40. The van der Waals surface area contributed by atoms with E-state index in [-0.39, 0.29) is 11.6 Å². The molecule has 0 saturated carbocycles. The van der Waals surface area contributed by atoms with Gasteiger partial charge in [0, 0.05) is 4.47 Å². The summed E-state index contributed by atoms with van der Waals surface area (Å²) in [5.41, 5.74) is 5.68. The van der Waals surface area contributed by atoms with Crippen molar-refractivity contribution in [2.24, 2.45) is 11.7 Å². The highest BCUT2D eigenvalue weighted by Gasteiger charge is 2.08. The summed E-state index contributed by atoms with van der Waals surface area (Å²) in [5, 5.41) is 2.54. The third kappa shape index (κ3) is 5.37. The lowest BCUT2D eigenvalue weighted by Crippen LogP contribution is -2.18. The van der Waals surface area contributed by atoms with E-state index < -0.39 is 5.82 Å². The monoisotopic (exact) mass is 334 g/mol. The van der Waals surface area contributed by atoms with E-state index in [1.807, 2.05) is 6.92 Å². The molecule has 100 valence electrons. The Labute approximate surface area is 119 Å². The van der Waals surface area contributed by atoms with Gasteiger partial charge in [0.1, 0.15) is 5.82 Å². The molecule has 6 heteroatoms. The topological polar surface area (TPSA) is 55.1 Å². The highest BCUT2D eigenvalue weighted by molar-refractivity contribution is 9.10. The van der Waals surface area contributed by atoms with Crippen LogP contribution in [-0.4, -0.2) is 24.0 Å². The maximum absolute atomic E-state index is 13.4. The predicted octanol–water partition coefficient (Wildman–Crippen LogP) is 2.85. The van der Waals surface area contributed by atoms with Crippen LogP contribution in [0.2, 0.25) is 0 Å². The van der Waals surface area contributed by atoms with E-state index in [0.29, 0.717) is 22.7 Å². The summed E-state index contributed by atoms with van der Waals surface area (Å²) in [5.74, 6) is 0.864. The number of benzene rings is 1. The Bertz CT molecular complexity index is 417. The molecule has 1 aromatic carbocycles. The number of amides is 1. The van der Waals surface area contributed by atoms with Crippen LogP contribution in [0, 0.1) is 11.7 Å². The molecule has 1 amide bonds. The molecule has 0 radical (unpaired) electrons. The molecular formula is C12H16BrFN2OS. The molecule has 0 aliphatic carbocycles. The molecule has 0 saturated heterocycles. The van der Waals surface area contributed by atoms with Crippen LogP contribution in [-0.2, 0) is 4.79 Å². The Hall–Kier alpha value is -0.590. The standard InChI is InChI=1S/C12H16BrFN2OS/c1-8(5-15)6-18-7-12(17)16-11-3-2-9(13)4-10(11)14/h2-4,8H,5-7,15H2,1H3,(H,16,17). The Morgan fingerprint density at radius 1 is 1.61 bits per heavy atom. The van der Waals surface area contributed by atoms with Crippen LogP contribution in [0.3, 0.4) is 0 Å². The first-order valence-corrected chi connectivity index (χ1v) is 7.50. The van der Waals surface area contributed by atoms with Gasteiger partial charge in [0.25, 0.3) is 0 Å². The highest BCUT2D eigenvalue weighted by Crippen LogP contribution is 2.19. The largest absolute Gasteiger partial charge is 0.330 e. The number of hydrogen-bond donors (Lipinski definition) is 2. The first-order valence-electron chi connectivity index (χ1n) is 5.55. The van der Waals surface area contributed by atoms with Gasteiger partial charge in [0.05, 0.1) is 11.4 Å². The Kier molecular flexibility index (Phi) is 6.67. The van der Waals surface area contributed by atoms with Gasteiger partial charge in [-0.2, -0.15) is 11.8 Å². The SMILES string of the molecule is CC(CN)CSCC(=O)Nc1ccc(Br)cc1F. The second-order valence-electron chi connectivity index (χ2n) is 4.03. The van der Waals surface area contributed by atoms with E-state index in [1.165, 1.54) is 23.9 Å². The van der Waals surface area contributed by atoms with Crippen molar-refractivity contribution in [3.05, 3.63) is 28.5 Å². The van der Waals surface area contributed by atoms with Crippen molar-refractivity contribution in [1.29, 1.82) is 0 Å². The van der Waals surface area contributed by atoms with Crippen molar-refractivity contribution < 1.29 is 9.18 Å². The van der Waals surface area contributed by atoms with Crippen LogP contribution in [0.25, 0.3) is 0 Å². The fraction of sp³-hybridized carbons (Fsp3) is 0.417. The van der Waals surface area contributed by atoms with Gasteiger partial charge in [-0.05, 0) is 36.4 Å². The van der Waals surface area contributed by atoms with Crippen LogP contribution in [0.15, 0.2) is 22.7 Å². The molecule has 0 bridgehead atoms. The number of thioether (sulfide) groups is 1. The lowest BCUT2D eigenvalue weighted by molar-refractivity contribution is -0.113. The normalized spacial score (nSPS) is 12.2. The van der Waals surface area contributed by atoms with Crippen LogP contribution >= 0.6 is 27.7 Å². The van der Waals surface area contributed by atoms with Crippen molar-refractivity contribution in [2.75, 3.05) is 23.4 Å². The molecule has 1 atom stereocenters. The van der Waals surface area contributed by atoms with Crippen molar-refractivity contribution in [2.45, 2.75) is 6.92 Å². The lowest BCUT2D eigenvalue weighted by Gasteiger charge is -2.09. The van der Waals surface area contributed by atoms with E-state index >= 15 is 0 Å². The second kappa shape index (κ2) is 7.76. The third-order valence-electron chi connectivity index (χ3n) is 2.24. The molecule has 3 nitrogen and oxygen atoms in total. The molecule has 0 spiro atoms. The predicted molar refractivity (Wildman–Crippen MR) is 78.3 cm³/mol. The average Bonchev–Trinajstić information content (AvgIpc) is 2.32. The van der Waals surface area contributed by atoms with Crippen molar-refractivity contribution in [3.8, 4) is 0 Å². The van der Waals surface area contributed by atoms with Gasteiger partial charge in [-0.3, -0.25) is 4.79 Å². The maximum atomic E-state index is 13.4. The van der Waals surface area contributed by atoms with Gasteiger partial charge < -0.3 is 11.1 Å². The van der Waals surface area contributed by atoms with Gasteiger partial charge in [-0.1, -0.05) is 22.9 Å². The summed E-state index contributed by atoms with van der Waals surface area (Å²) in [7, 11) is 0. The number of carbonyl (C=O) groups excluding carboxylic acids is 1. The summed E-state index contributed by atoms with van der Waals surface area (Å²) in [6, 6.07) is 4.53. The molecule has 0 fully saturated rings. The number of carbonyl (C=O) groups is 1. The third-order valence-corrected chi connectivity index (χ3v) is 4.01. The van der Waals surface area contributed by atoms with E-state index in [1.54, 1.807) is 6.07 Å². The molecule has 1 rings (SSSR count). The number of nitrogens with one attached hydrogen (secondary N) is 1. The Morgan fingerprint density at radius 3 is 2.94 bits per heavy atom. The van der Waals surface area contributed by atoms with Gasteiger partial charge in [0.15, 0.2) is 0 Å². The molecular weight excluding hydrogens is 319 g/mol. The summed E-state index contributed by atoms with van der Waals surface area (Å²) in [6.07, 6.45) is 0. The van der Waals surface area contributed by atoms with Crippen LogP contribution < -0.4 is 11.1 Å². The molecule has 18 heavy (non-hydrogen) atoms. The van der Waals surface area contributed by atoms with Crippen LogP contribution in [0.5, 0.6) is 0 Å². The minimum atomic E-state index is -0.446. The summed E-state index contributed by atoms with van der Waals surface area (Å²) in [6.45, 7) is 2.63. The van der Waals surface area contributed by atoms with Gasteiger partial charge in [-0.15, -0.1) is 0 Å². The maximum Gasteiger partial charge on any atom is 0.234 e. The number of hydrogen-bond acceptors (Lipinski definition) is 3. The number of rotatable bonds is 6. The number of nitrogens with two attached hydrogens (primary N) is 1. The van der Waals surface area contributed by atoms with E-state index in [4.69, 9.17) is 5.73 Å². The minimum Gasteiger partial charge on any atom is -0.330 e. The van der Waals surface area contributed by atoms with E-state index in [2.05, 4.69) is 21.2 Å². The van der Waals surface area contributed by atoms with Gasteiger partial charge in [-0.25, -0.2) is 4.39 Å². The van der Waals surface area contributed by atoms with E-state index in [0.717, 1.165) is 5.75 Å². The van der Waals surface area contributed by atoms with Crippen molar-refractivity contribution >= 4 is 39.3 Å². The molecule has 1 unspecified atom stereocenters. The van der Waals surface area contributed by atoms with Gasteiger partial charge in [0.2, 0.25) is 5.91 Å². The van der Waals surface area contributed by atoms with Crippen molar-refractivity contribution in [1.82, 2.24) is 0 Å². The lowest BCUT2D eigenvalue weighted by atomic mass is 10.2. The summed E-state index contributed by atoms with van der Waals surface area (Å²) >= 11 is 4.66. The van der Waals surface area contributed by atoms with Crippen LogP contribution in [0.1, 0.15) is 6.92 Å². The number of halogens is 2. The molecule has 0 aliphatic rings. The zero-order valence-electron chi connectivity index (χ0n) is 10.1. The zero-order chi connectivity index (χ0) is 13.5. The quantitative estimate of drug-likeness (QED) is 0.841. The second-order valence-corrected chi connectivity index (χ2v) is 5.97. The molecule has 3 N–H and O–H groups in total. The first kappa shape index (κ1) is 15.5. The molecule has 1 aromatic rings. The number of anilines is 1. The van der Waals surface area contributed by atoms with Crippen molar-refractivity contribution in [3.63, 3.8) is 0 Å². The minimum absolute atomic E-state index is 0.203. The smallest absolute Gasteiger partial charge is 0.234 e. The molecule has 0 aliphatic heterocycles. The summed E-state index contributed by atoms with van der Waals surface area (Å²) < 4.78 is 14.1. The average molecular weight is 335 g/mol. The van der Waals surface area contributed by atoms with Gasteiger partial charge >= 0.3 is 0 Å². The fourth-order valence-corrected chi connectivity index (χ4v) is 2.45. The Morgan fingerprint density at radius 2 is 2.33 bits per heavy atom. The fourth-order valence-electron chi connectivity index (χ4n) is 1.20.